The third kappa shape index (κ3) is 7.55. The van der Waals surface area contributed by atoms with Crippen molar-refractivity contribution in [2.75, 3.05) is 18.0 Å². The molecule has 0 heterocycles. The van der Waals surface area contributed by atoms with Crippen LogP contribution in [0, 0.1) is 6.92 Å². The largest absolute Gasteiger partial charge is 0.497 e. The van der Waals surface area contributed by atoms with Gasteiger partial charge in [-0.25, -0.2) is 8.42 Å². The first-order valence-electron chi connectivity index (χ1n) is 13.0. The number of nitrogens with one attached hydrogen (secondary N) is 1. The number of ether oxygens (including phenoxy) is 1. The molecule has 0 spiro atoms. The predicted octanol–water partition coefficient (Wildman–Crippen LogP) is 5.18. The minimum absolute atomic E-state index is 0.0430. The topological polar surface area (TPSA) is 96.0 Å². The third-order valence-electron chi connectivity index (χ3n) is 6.72. The number of hydrogen-bond acceptors (Lipinski definition) is 5. The minimum Gasteiger partial charge on any atom is -0.497 e. The highest BCUT2D eigenvalue weighted by Crippen LogP contribution is 2.29. The Hall–Kier alpha value is -3.56. The van der Waals surface area contributed by atoms with Crippen LogP contribution in [0.15, 0.2) is 77.7 Å². The maximum absolute atomic E-state index is 14.0. The number of halogens is 1. The van der Waals surface area contributed by atoms with Gasteiger partial charge in [0.2, 0.25) is 11.8 Å². The molecule has 0 aliphatic heterocycles. The summed E-state index contributed by atoms with van der Waals surface area (Å²) in [5.41, 5.74) is 1.67. The lowest BCUT2D eigenvalue weighted by Gasteiger charge is -2.33. The highest BCUT2D eigenvalue weighted by Gasteiger charge is 2.33. The van der Waals surface area contributed by atoms with Gasteiger partial charge in [0.15, 0.2) is 0 Å². The summed E-state index contributed by atoms with van der Waals surface area (Å²) in [6, 6.07) is 18.9. The van der Waals surface area contributed by atoms with Crippen LogP contribution in [0.25, 0.3) is 0 Å². The molecule has 0 saturated heterocycles. The molecule has 0 bridgehead atoms. The van der Waals surface area contributed by atoms with Crippen molar-refractivity contribution in [1.82, 2.24) is 10.2 Å². The molecule has 0 aliphatic carbocycles. The molecular formula is C30H36ClN3O5S. The number of anilines is 1. The lowest BCUT2D eigenvalue weighted by molar-refractivity contribution is -0.139. The van der Waals surface area contributed by atoms with Crippen LogP contribution < -0.4 is 14.4 Å². The second-order valence-corrected chi connectivity index (χ2v) is 11.9. The number of rotatable bonds is 12. The van der Waals surface area contributed by atoms with Gasteiger partial charge >= 0.3 is 0 Å². The number of amides is 2. The van der Waals surface area contributed by atoms with E-state index in [9.17, 15) is 18.0 Å². The molecular weight excluding hydrogens is 550 g/mol. The van der Waals surface area contributed by atoms with E-state index in [4.69, 9.17) is 16.3 Å². The van der Waals surface area contributed by atoms with Crippen molar-refractivity contribution in [3.05, 3.63) is 88.9 Å². The summed E-state index contributed by atoms with van der Waals surface area (Å²) in [6.07, 6.45) is 0.726. The van der Waals surface area contributed by atoms with Crippen molar-refractivity contribution in [3.8, 4) is 5.75 Å². The average molecular weight is 586 g/mol. The number of sulfonamides is 1. The molecule has 8 nitrogen and oxygen atoms in total. The number of carbonyl (C=O) groups is 2. The molecule has 214 valence electrons. The van der Waals surface area contributed by atoms with E-state index in [0.29, 0.717) is 22.0 Å². The zero-order valence-corrected chi connectivity index (χ0v) is 25.0. The van der Waals surface area contributed by atoms with Gasteiger partial charge in [0, 0.05) is 17.6 Å². The molecule has 3 aromatic rings. The van der Waals surface area contributed by atoms with Crippen LogP contribution >= 0.6 is 11.6 Å². The standard InChI is InChI=1S/C30H36ClN3O5S/c1-6-22(3)32-30(36)23(4)33(19-24-12-15-26(39-5)16-13-24)29(35)20-34(28-17-14-25(31)18-21(28)2)40(37,38)27-10-8-7-9-11-27/h7-18,22-23H,6,19-20H2,1-5H3,(H,32,36)/t22-,23-/m1/s1. The molecule has 10 heteroatoms. The molecule has 40 heavy (non-hydrogen) atoms. The van der Waals surface area contributed by atoms with E-state index in [2.05, 4.69) is 5.32 Å². The maximum atomic E-state index is 14.0. The molecule has 3 rings (SSSR count). The van der Waals surface area contributed by atoms with Crippen LogP contribution in [0.3, 0.4) is 0 Å². The van der Waals surface area contributed by atoms with Gasteiger partial charge in [-0.3, -0.25) is 13.9 Å². The van der Waals surface area contributed by atoms with Crippen LogP contribution in [-0.4, -0.2) is 50.9 Å². The Bertz CT molecular complexity index is 1420. The Morgan fingerprint density at radius 3 is 2.23 bits per heavy atom. The summed E-state index contributed by atoms with van der Waals surface area (Å²) in [5, 5.41) is 3.37. The Morgan fingerprint density at radius 2 is 1.65 bits per heavy atom. The highest BCUT2D eigenvalue weighted by atomic mass is 35.5. The van der Waals surface area contributed by atoms with Crippen LogP contribution in [0.2, 0.25) is 5.02 Å². The van der Waals surface area contributed by atoms with Gasteiger partial charge in [-0.05, 0) is 80.8 Å². The molecule has 0 aliphatic rings. The first kappa shape index (κ1) is 31.0. The summed E-state index contributed by atoms with van der Waals surface area (Å²) in [5.74, 6) is -0.199. The first-order valence-corrected chi connectivity index (χ1v) is 14.9. The van der Waals surface area contributed by atoms with E-state index in [1.165, 1.54) is 17.0 Å². The van der Waals surface area contributed by atoms with E-state index in [1.54, 1.807) is 81.6 Å². The third-order valence-corrected chi connectivity index (χ3v) is 8.73. The first-order chi connectivity index (χ1) is 19.0. The lowest BCUT2D eigenvalue weighted by atomic mass is 10.1. The fourth-order valence-corrected chi connectivity index (χ4v) is 5.83. The lowest BCUT2D eigenvalue weighted by Crippen LogP contribution is -2.52. The van der Waals surface area contributed by atoms with Crippen molar-refractivity contribution in [2.24, 2.45) is 0 Å². The normalized spacial score (nSPS) is 12.8. The smallest absolute Gasteiger partial charge is 0.264 e. The maximum Gasteiger partial charge on any atom is 0.264 e. The van der Waals surface area contributed by atoms with E-state index >= 15 is 0 Å². The predicted molar refractivity (Wildman–Crippen MR) is 158 cm³/mol. The molecule has 0 unspecified atom stereocenters. The van der Waals surface area contributed by atoms with E-state index in [1.807, 2.05) is 13.8 Å². The van der Waals surface area contributed by atoms with Crippen molar-refractivity contribution in [1.29, 1.82) is 0 Å². The summed E-state index contributed by atoms with van der Waals surface area (Å²) >= 11 is 6.15. The number of methoxy groups -OCH3 is 1. The quantitative estimate of drug-likeness (QED) is 0.316. The fourth-order valence-electron chi connectivity index (χ4n) is 4.11. The molecule has 0 radical (unpaired) electrons. The van der Waals surface area contributed by atoms with Crippen molar-refractivity contribution >= 4 is 39.1 Å². The van der Waals surface area contributed by atoms with Gasteiger partial charge < -0.3 is 15.0 Å². The summed E-state index contributed by atoms with van der Waals surface area (Å²) in [6.45, 7) is 6.79. The summed E-state index contributed by atoms with van der Waals surface area (Å²) < 4.78 is 34.1. The number of hydrogen-bond donors (Lipinski definition) is 1. The monoisotopic (exact) mass is 585 g/mol. The van der Waals surface area contributed by atoms with Crippen molar-refractivity contribution < 1.29 is 22.7 Å². The Morgan fingerprint density at radius 1 is 1.00 bits per heavy atom. The number of benzene rings is 3. The van der Waals surface area contributed by atoms with Crippen LogP contribution in [-0.2, 0) is 26.2 Å². The number of carbonyl (C=O) groups excluding carboxylic acids is 2. The molecule has 1 N–H and O–H groups in total. The zero-order valence-electron chi connectivity index (χ0n) is 23.4. The van der Waals surface area contributed by atoms with E-state index in [-0.39, 0.29) is 23.4 Å². The minimum atomic E-state index is -4.14. The second kappa shape index (κ2) is 13.7. The van der Waals surface area contributed by atoms with Gasteiger partial charge in [-0.15, -0.1) is 0 Å². The number of nitrogens with zero attached hydrogens (tertiary/aromatic N) is 2. The Kier molecular flexibility index (Phi) is 10.6. The fraction of sp³-hybridized carbons (Fsp3) is 0.333. The molecule has 3 aromatic carbocycles. The molecule has 2 atom stereocenters. The molecule has 0 aromatic heterocycles. The van der Waals surface area contributed by atoms with E-state index in [0.717, 1.165) is 16.3 Å². The van der Waals surface area contributed by atoms with Crippen molar-refractivity contribution in [3.63, 3.8) is 0 Å². The van der Waals surface area contributed by atoms with Crippen LogP contribution in [0.4, 0.5) is 5.69 Å². The van der Waals surface area contributed by atoms with Gasteiger partial charge in [-0.1, -0.05) is 48.9 Å². The molecule has 0 fully saturated rings. The van der Waals surface area contributed by atoms with Crippen LogP contribution in [0.1, 0.15) is 38.3 Å². The summed E-state index contributed by atoms with van der Waals surface area (Å²) in [7, 11) is -2.58. The molecule has 2 amide bonds. The summed E-state index contributed by atoms with van der Waals surface area (Å²) in [4.78, 5) is 28.6. The zero-order chi connectivity index (χ0) is 29.4. The second-order valence-electron chi connectivity index (χ2n) is 9.62. The Balaban J connectivity index is 2.04. The van der Waals surface area contributed by atoms with Gasteiger partial charge in [0.05, 0.1) is 17.7 Å². The van der Waals surface area contributed by atoms with E-state index < -0.39 is 28.5 Å². The Labute approximate surface area is 241 Å². The number of aryl methyl sites for hydroxylation is 1. The van der Waals surface area contributed by atoms with Crippen LogP contribution in [0.5, 0.6) is 5.75 Å². The van der Waals surface area contributed by atoms with Gasteiger partial charge in [0.1, 0.15) is 18.3 Å². The SMILES string of the molecule is CC[C@@H](C)NC(=O)[C@@H](C)N(Cc1ccc(OC)cc1)C(=O)CN(c1ccc(Cl)cc1C)S(=O)(=O)c1ccccc1. The van der Waals surface area contributed by atoms with Crippen molar-refractivity contribution in [2.45, 2.75) is 57.6 Å². The van der Waals surface area contributed by atoms with Gasteiger partial charge in [0.25, 0.3) is 10.0 Å². The van der Waals surface area contributed by atoms with Gasteiger partial charge in [-0.2, -0.15) is 0 Å². The average Bonchev–Trinajstić information content (AvgIpc) is 2.95. The highest BCUT2D eigenvalue weighted by molar-refractivity contribution is 7.92. The molecule has 0 saturated carbocycles.